The van der Waals surface area contributed by atoms with Gasteiger partial charge in [-0.3, -0.25) is 9.89 Å². The lowest BCUT2D eigenvalue weighted by atomic mass is 10.1. The summed E-state index contributed by atoms with van der Waals surface area (Å²) in [4.78, 5) is 11.9. The van der Waals surface area contributed by atoms with Gasteiger partial charge in [0.15, 0.2) is 19.6 Å². The second kappa shape index (κ2) is 5.94. The number of ketones is 1. The third-order valence-corrected chi connectivity index (χ3v) is 5.24. The quantitative estimate of drug-likeness (QED) is 0.673. The standard InChI is InChI=1S/C12H12N2O3S3/c1-8-2-4-9(5-3-8)10(15)6-20(16,17)7-11-13-14-12(18)19-11/h2-5H,6-7H2,1H3,(H,14,18). The van der Waals surface area contributed by atoms with Crippen LogP contribution in [0.15, 0.2) is 24.3 Å². The maximum Gasteiger partial charge on any atom is 0.177 e. The van der Waals surface area contributed by atoms with E-state index in [1.54, 1.807) is 24.3 Å². The number of nitrogens with zero attached hydrogens (tertiary/aromatic N) is 1. The summed E-state index contributed by atoms with van der Waals surface area (Å²) >= 11 is 5.93. The van der Waals surface area contributed by atoms with Gasteiger partial charge in [-0.15, -0.1) is 0 Å². The fourth-order valence-corrected chi connectivity index (χ4v) is 4.20. The first kappa shape index (κ1) is 15.0. The Hall–Kier alpha value is -1.38. The van der Waals surface area contributed by atoms with Gasteiger partial charge in [-0.1, -0.05) is 41.2 Å². The highest BCUT2D eigenvalue weighted by molar-refractivity contribution is 7.91. The molecule has 106 valence electrons. The van der Waals surface area contributed by atoms with Gasteiger partial charge in [-0.2, -0.15) is 5.10 Å². The maximum atomic E-state index is 12.0. The Morgan fingerprint density at radius 2 is 2.00 bits per heavy atom. The summed E-state index contributed by atoms with van der Waals surface area (Å²) in [7, 11) is -3.55. The van der Waals surface area contributed by atoms with Crippen molar-refractivity contribution in [1.82, 2.24) is 10.2 Å². The molecule has 0 aliphatic carbocycles. The number of benzene rings is 1. The number of aromatic amines is 1. The highest BCUT2D eigenvalue weighted by atomic mass is 32.2. The molecule has 8 heteroatoms. The van der Waals surface area contributed by atoms with Crippen molar-refractivity contribution in [3.8, 4) is 0 Å². The van der Waals surface area contributed by atoms with Crippen LogP contribution in [-0.4, -0.2) is 30.2 Å². The van der Waals surface area contributed by atoms with Crippen LogP contribution in [0.5, 0.6) is 0 Å². The van der Waals surface area contributed by atoms with Crippen LogP contribution in [-0.2, 0) is 15.6 Å². The van der Waals surface area contributed by atoms with Crippen LogP contribution in [0.1, 0.15) is 20.9 Å². The summed E-state index contributed by atoms with van der Waals surface area (Å²) in [6.07, 6.45) is 0. The van der Waals surface area contributed by atoms with Gasteiger partial charge >= 0.3 is 0 Å². The third-order valence-electron chi connectivity index (χ3n) is 2.55. The normalized spacial score (nSPS) is 11.4. The summed E-state index contributed by atoms with van der Waals surface area (Å²) in [5, 5.41) is 6.68. The lowest BCUT2D eigenvalue weighted by Crippen LogP contribution is -2.18. The molecular weight excluding hydrogens is 316 g/mol. The van der Waals surface area contributed by atoms with Crippen LogP contribution in [0.3, 0.4) is 0 Å². The fourth-order valence-electron chi connectivity index (χ4n) is 1.58. The molecule has 1 aromatic carbocycles. The van der Waals surface area contributed by atoms with Crippen molar-refractivity contribution in [3.05, 3.63) is 44.4 Å². The number of hydrogen-bond donors (Lipinski definition) is 1. The van der Waals surface area contributed by atoms with Crippen molar-refractivity contribution in [2.75, 3.05) is 5.75 Å². The van der Waals surface area contributed by atoms with Gasteiger partial charge in [0.1, 0.15) is 16.5 Å². The minimum atomic E-state index is -3.55. The Morgan fingerprint density at radius 3 is 2.55 bits per heavy atom. The van der Waals surface area contributed by atoms with Crippen LogP contribution in [0.4, 0.5) is 0 Å². The number of carbonyl (C=O) groups is 1. The lowest BCUT2D eigenvalue weighted by Gasteiger charge is -2.02. The van der Waals surface area contributed by atoms with Crippen LogP contribution in [0, 0.1) is 10.9 Å². The van der Waals surface area contributed by atoms with Crippen molar-refractivity contribution in [3.63, 3.8) is 0 Å². The van der Waals surface area contributed by atoms with Crippen molar-refractivity contribution < 1.29 is 13.2 Å². The molecule has 0 saturated carbocycles. The molecule has 0 saturated heterocycles. The number of rotatable bonds is 5. The minimum absolute atomic E-state index is 0.275. The molecule has 0 aliphatic rings. The molecule has 0 aliphatic heterocycles. The molecule has 1 N–H and O–H groups in total. The van der Waals surface area contributed by atoms with Gasteiger partial charge in [0.05, 0.1) is 0 Å². The van der Waals surface area contributed by atoms with E-state index in [2.05, 4.69) is 10.2 Å². The van der Waals surface area contributed by atoms with E-state index in [0.29, 0.717) is 14.5 Å². The number of H-pyrrole nitrogens is 1. The van der Waals surface area contributed by atoms with E-state index in [0.717, 1.165) is 16.9 Å². The Kier molecular flexibility index (Phi) is 4.46. The molecule has 0 amide bonds. The lowest BCUT2D eigenvalue weighted by molar-refractivity contribution is 0.102. The highest BCUT2D eigenvalue weighted by Crippen LogP contribution is 2.12. The van der Waals surface area contributed by atoms with Gasteiger partial charge in [-0.25, -0.2) is 8.42 Å². The van der Waals surface area contributed by atoms with Crippen LogP contribution in [0.25, 0.3) is 0 Å². The summed E-state index contributed by atoms with van der Waals surface area (Å²) in [5.74, 6) is -1.21. The highest BCUT2D eigenvalue weighted by Gasteiger charge is 2.20. The van der Waals surface area contributed by atoms with E-state index in [4.69, 9.17) is 12.2 Å². The van der Waals surface area contributed by atoms with Gasteiger partial charge in [-0.05, 0) is 19.1 Å². The maximum absolute atomic E-state index is 12.0. The van der Waals surface area contributed by atoms with Gasteiger partial charge in [0.2, 0.25) is 0 Å². The van der Waals surface area contributed by atoms with E-state index in [9.17, 15) is 13.2 Å². The van der Waals surface area contributed by atoms with Gasteiger partial charge < -0.3 is 0 Å². The number of carbonyl (C=O) groups excluding carboxylic acids is 1. The second-order valence-corrected chi connectivity index (χ2v) is 8.14. The SMILES string of the molecule is Cc1ccc(C(=O)CS(=O)(=O)Cc2n[nH]c(=S)s2)cc1. The first-order valence-electron chi connectivity index (χ1n) is 5.70. The topological polar surface area (TPSA) is 79.9 Å². The number of hydrogen-bond acceptors (Lipinski definition) is 6. The minimum Gasteiger partial charge on any atom is -0.293 e. The Balaban J connectivity index is 2.10. The fraction of sp³-hybridized carbons (Fsp3) is 0.250. The molecule has 1 heterocycles. The van der Waals surface area contributed by atoms with Crippen molar-refractivity contribution in [2.45, 2.75) is 12.7 Å². The molecule has 1 aromatic heterocycles. The largest absolute Gasteiger partial charge is 0.293 e. The molecule has 20 heavy (non-hydrogen) atoms. The van der Waals surface area contributed by atoms with E-state index >= 15 is 0 Å². The third kappa shape index (κ3) is 4.06. The second-order valence-electron chi connectivity index (χ2n) is 4.33. The number of nitrogens with one attached hydrogen (secondary N) is 1. The summed E-state index contributed by atoms with van der Waals surface area (Å²) in [5.41, 5.74) is 1.41. The molecular formula is C12H12N2O3S3. The van der Waals surface area contributed by atoms with E-state index < -0.39 is 21.4 Å². The van der Waals surface area contributed by atoms with Crippen molar-refractivity contribution in [2.24, 2.45) is 0 Å². The Morgan fingerprint density at radius 1 is 1.35 bits per heavy atom. The molecule has 0 bridgehead atoms. The predicted octanol–water partition coefficient (Wildman–Crippen LogP) is 2.31. The van der Waals surface area contributed by atoms with Gasteiger partial charge in [0, 0.05) is 5.56 Å². The smallest absolute Gasteiger partial charge is 0.177 e. The van der Waals surface area contributed by atoms with E-state index in [1.165, 1.54) is 0 Å². The first-order chi connectivity index (χ1) is 9.35. The molecule has 0 atom stereocenters. The zero-order chi connectivity index (χ0) is 14.8. The molecule has 5 nitrogen and oxygen atoms in total. The van der Waals surface area contributed by atoms with Crippen LogP contribution < -0.4 is 0 Å². The monoisotopic (exact) mass is 328 g/mol. The zero-order valence-corrected chi connectivity index (χ0v) is 13.1. The molecule has 0 unspecified atom stereocenters. The van der Waals surface area contributed by atoms with E-state index in [-0.39, 0.29) is 5.75 Å². The number of aromatic nitrogens is 2. The average Bonchev–Trinajstić information content (AvgIpc) is 2.73. The van der Waals surface area contributed by atoms with Crippen LogP contribution in [0.2, 0.25) is 0 Å². The van der Waals surface area contributed by atoms with Crippen molar-refractivity contribution >= 4 is 39.2 Å². The average molecular weight is 328 g/mol. The van der Waals surface area contributed by atoms with Gasteiger partial charge in [0.25, 0.3) is 0 Å². The van der Waals surface area contributed by atoms with Crippen LogP contribution >= 0.6 is 23.6 Å². The zero-order valence-electron chi connectivity index (χ0n) is 10.6. The Bertz CT molecular complexity index is 773. The summed E-state index contributed by atoms with van der Waals surface area (Å²) in [6.45, 7) is 1.90. The molecule has 2 aromatic rings. The predicted molar refractivity (Wildman–Crippen MR) is 80.3 cm³/mol. The number of sulfone groups is 1. The molecule has 0 spiro atoms. The molecule has 0 fully saturated rings. The first-order valence-corrected chi connectivity index (χ1v) is 8.75. The summed E-state index contributed by atoms with van der Waals surface area (Å²) in [6, 6.07) is 6.82. The molecule has 0 radical (unpaired) electrons. The molecule has 2 rings (SSSR count). The number of Topliss-reactive ketones (excluding diaryl/α,β-unsaturated/α-hetero) is 1. The van der Waals surface area contributed by atoms with E-state index in [1.807, 2.05) is 6.92 Å². The number of aryl methyl sites for hydroxylation is 1. The summed E-state index contributed by atoms with van der Waals surface area (Å²) < 4.78 is 24.3. The Labute approximate surface area is 125 Å². The van der Waals surface area contributed by atoms with Crippen molar-refractivity contribution in [1.29, 1.82) is 0 Å².